The summed E-state index contributed by atoms with van der Waals surface area (Å²) in [6.45, 7) is 10.5. The largest absolute Gasteiger partial charge is 0.460 e. The van der Waals surface area contributed by atoms with Crippen LogP contribution in [-0.2, 0) is 38.0 Å². The van der Waals surface area contributed by atoms with E-state index in [1.54, 1.807) is 0 Å². The van der Waals surface area contributed by atoms with E-state index in [1.165, 1.54) is 0 Å². The molecule has 0 amide bonds. The Bertz CT molecular complexity index is 384. The molecule has 0 N–H and O–H groups in total. The van der Waals surface area contributed by atoms with Crippen LogP contribution >= 0.6 is 0 Å². The van der Waals surface area contributed by atoms with Crippen LogP contribution in [0.3, 0.4) is 0 Å². The number of rotatable bonds is 23. The van der Waals surface area contributed by atoms with Crippen molar-refractivity contribution in [2.75, 3.05) is 39.6 Å². The summed E-state index contributed by atoms with van der Waals surface area (Å²) in [5.41, 5.74) is 0. The quantitative estimate of drug-likeness (QED) is 0.122. The Morgan fingerprint density at radius 1 is 0.531 bits per heavy atom. The number of hydrogen-bond acceptors (Lipinski definition) is 8. The third kappa shape index (κ3) is 19.5. The topological polar surface area (TPSA) is 89.5 Å². The summed E-state index contributed by atoms with van der Waals surface area (Å²) in [4.78, 5) is 24.0. The molecule has 0 spiro atoms. The van der Waals surface area contributed by atoms with Crippen molar-refractivity contribution in [3.8, 4) is 0 Å². The van der Waals surface area contributed by atoms with Crippen LogP contribution < -0.4 is 0 Å². The lowest BCUT2D eigenvalue weighted by molar-refractivity contribution is -0.186. The molecular formula is C24H46O8. The maximum Gasteiger partial charge on any atom is 0.306 e. The minimum Gasteiger partial charge on any atom is -0.460 e. The number of carbonyl (C=O) groups is 2. The van der Waals surface area contributed by atoms with Gasteiger partial charge in [-0.05, 0) is 25.7 Å². The Hall–Kier alpha value is -1.22. The molecule has 0 atom stereocenters. The van der Waals surface area contributed by atoms with Gasteiger partial charge in [0.25, 0.3) is 0 Å². The fourth-order valence-electron chi connectivity index (χ4n) is 2.40. The maximum absolute atomic E-state index is 12.0. The van der Waals surface area contributed by atoms with Crippen LogP contribution in [0.4, 0.5) is 0 Å². The second kappa shape index (κ2) is 23.0. The smallest absolute Gasteiger partial charge is 0.306 e. The molecule has 0 rings (SSSR count). The zero-order valence-corrected chi connectivity index (χ0v) is 20.7. The molecular weight excluding hydrogens is 416 g/mol. The third-order valence-corrected chi connectivity index (χ3v) is 4.50. The van der Waals surface area contributed by atoms with Crippen molar-refractivity contribution < 1.29 is 38.0 Å². The molecule has 0 heterocycles. The minimum absolute atomic E-state index is 0.0138. The monoisotopic (exact) mass is 462 g/mol. The lowest BCUT2D eigenvalue weighted by Crippen LogP contribution is -2.27. The Kier molecular flexibility index (Phi) is 22.1. The average Bonchev–Trinajstić information content (AvgIpc) is 2.79. The summed E-state index contributed by atoms with van der Waals surface area (Å²) in [5.74, 6) is -0.972. The number of esters is 2. The van der Waals surface area contributed by atoms with E-state index in [9.17, 15) is 9.59 Å². The number of unbranched alkanes of at least 4 members (excludes halogenated alkanes) is 4. The van der Waals surface area contributed by atoms with Gasteiger partial charge in [-0.15, -0.1) is 0 Å². The average molecular weight is 463 g/mol. The molecule has 32 heavy (non-hydrogen) atoms. The van der Waals surface area contributed by atoms with Gasteiger partial charge in [0.1, 0.15) is 13.2 Å². The first-order valence-corrected chi connectivity index (χ1v) is 12.3. The summed E-state index contributed by atoms with van der Waals surface area (Å²) in [7, 11) is 0. The molecule has 0 aromatic heterocycles. The Balaban J connectivity index is 4.20. The van der Waals surface area contributed by atoms with E-state index in [2.05, 4.69) is 27.7 Å². The van der Waals surface area contributed by atoms with Gasteiger partial charge in [0.15, 0.2) is 12.6 Å². The molecule has 0 aliphatic rings. The molecule has 0 radical (unpaired) electrons. The van der Waals surface area contributed by atoms with Crippen molar-refractivity contribution in [1.29, 1.82) is 0 Å². The highest BCUT2D eigenvalue weighted by Gasteiger charge is 2.16. The number of hydrogen-bond donors (Lipinski definition) is 0. The summed E-state index contributed by atoms with van der Waals surface area (Å²) < 4.78 is 33.0. The lowest BCUT2D eigenvalue weighted by Gasteiger charge is -2.19. The molecule has 0 fully saturated rings. The van der Waals surface area contributed by atoms with Crippen LogP contribution in [0.25, 0.3) is 0 Å². The molecule has 0 aliphatic carbocycles. The SMILES string of the molecule is CCCCOC(COC(=O)CCC(=O)OCC(OCCCC)OCCCC)OCCCC. The number of carbonyl (C=O) groups excluding carboxylic acids is 2. The van der Waals surface area contributed by atoms with Crippen LogP contribution in [-0.4, -0.2) is 64.2 Å². The highest BCUT2D eigenvalue weighted by Crippen LogP contribution is 2.06. The molecule has 0 saturated heterocycles. The molecule has 8 nitrogen and oxygen atoms in total. The first-order chi connectivity index (χ1) is 15.6. The molecule has 190 valence electrons. The normalized spacial score (nSPS) is 11.3. The van der Waals surface area contributed by atoms with Crippen molar-refractivity contribution in [2.24, 2.45) is 0 Å². The van der Waals surface area contributed by atoms with Crippen LogP contribution in [0.15, 0.2) is 0 Å². The van der Waals surface area contributed by atoms with Crippen molar-refractivity contribution >= 4 is 11.9 Å². The van der Waals surface area contributed by atoms with Crippen LogP contribution in [0, 0.1) is 0 Å². The van der Waals surface area contributed by atoms with Gasteiger partial charge in [-0.3, -0.25) is 9.59 Å². The maximum atomic E-state index is 12.0. The van der Waals surface area contributed by atoms with E-state index < -0.39 is 24.5 Å². The molecule has 0 bridgehead atoms. The Labute approximate surface area is 194 Å². The van der Waals surface area contributed by atoms with Gasteiger partial charge in [0.2, 0.25) is 0 Å². The molecule has 0 aromatic carbocycles. The lowest BCUT2D eigenvalue weighted by atomic mass is 10.3. The Morgan fingerprint density at radius 3 is 1.06 bits per heavy atom. The van der Waals surface area contributed by atoms with Gasteiger partial charge in [-0.1, -0.05) is 53.4 Å². The van der Waals surface area contributed by atoms with E-state index in [4.69, 9.17) is 28.4 Å². The van der Waals surface area contributed by atoms with E-state index in [1.807, 2.05) is 0 Å². The summed E-state index contributed by atoms with van der Waals surface area (Å²) >= 11 is 0. The van der Waals surface area contributed by atoms with E-state index in [0.717, 1.165) is 51.4 Å². The minimum atomic E-state index is -0.578. The number of ether oxygens (including phenoxy) is 6. The van der Waals surface area contributed by atoms with Crippen molar-refractivity contribution in [3.05, 3.63) is 0 Å². The van der Waals surface area contributed by atoms with Gasteiger partial charge in [-0.2, -0.15) is 0 Å². The fourth-order valence-corrected chi connectivity index (χ4v) is 2.40. The highest BCUT2D eigenvalue weighted by molar-refractivity contribution is 5.77. The zero-order valence-electron chi connectivity index (χ0n) is 20.7. The van der Waals surface area contributed by atoms with E-state index in [0.29, 0.717) is 26.4 Å². The zero-order chi connectivity index (χ0) is 23.9. The van der Waals surface area contributed by atoms with E-state index in [-0.39, 0.29) is 26.1 Å². The molecule has 0 unspecified atom stereocenters. The summed E-state index contributed by atoms with van der Waals surface area (Å²) in [6, 6.07) is 0. The van der Waals surface area contributed by atoms with Gasteiger partial charge < -0.3 is 28.4 Å². The van der Waals surface area contributed by atoms with Crippen molar-refractivity contribution in [3.63, 3.8) is 0 Å². The van der Waals surface area contributed by atoms with Crippen LogP contribution in [0.2, 0.25) is 0 Å². The summed E-state index contributed by atoms with van der Waals surface area (Å²) in [5, 5.41) is 0. The first kappa shape index (κ1) is 30.8. The van der Waals surface area contributed by atoms with Crippen molar-refractivity contribution in [2.45, 2.75) is 104 Å². The van der Waals surface area contributed by atoms with Gasteiger partial charge in [-0.25, -0.2) is 0 Å². The molecule has 0 aromatic rings. The predicted octanol–water partition coefficient (Wildman–Crippen LogP) is 4.77. The van der Waals surface area contributed by atoms with Gasteiger partial charge in [0, 0.05) is 26.4 Å². The van der Waals surface area contributed by atoms with Gasteiger partial charge in [0.05, 0.1) is 12.8 Å². The first-order valence-electron chi connectivity index (χ1n) is 12.3. The van der Waals surface area contributed by atoms with Gasteiger partial charge >= 0.3 is 11.9 Å². The molecule has 0 saturated carbocycles. The summed E-state index contributed by atoms with van der Waals surface area (Å²) in [6.07, 6.45) is 6.43. The standard InChI is InChI=1S/C24H46O8/c1-5-9-15-27-23(28-16-10-6-2)19-31-21(25)13-14-22(26)32-20-24(29-17-11-7-3)30-18-12-8-4/h23-24H,5-20H2,1-4H3. The Morgan fingerprint density at radius 2 is 0.812 bits per heavy atom. The second-order valence-corrected chi connectivity index (χ2v) is 7.62. The van der Waals surface area contributed by atoms with E-state index >= 15 is 0 Å². The fraction of sp³-hybridized carbons (Fsp3) is 0.917. The third-order valence-electron chi connectivity index (χ3n) is 4.50. The van der Waals surface area contributed by atoms with Crippen LogP contribution in [0.5, 0.6) is 0 Å². The second-order valence-electron chi connectivity index (χ2n) is 7.62. The highest BCUT2D eigenvalue weighted by atomic mass is 16.7. The van der Waals surface area contributed by atoms with Crippen molar-refractivity contribution in [1.82, 2.24) is 0 Å². The molecule has 0 aliphatic heterocycles. The van der Waals surface area contributed by atoms with Crippen LogP contribution in [0.1, 0.15) is 91.9 Å². The predicted molar refractivity (Wildman–Crippen MR) is 122 cm³/mol. The molecule has 8 heteroatoms.